The smallest absolute Gasteiger partial charge is 0.259 e. The van der Waals surface area contributed by atoms with Crippen molar-refractivity contribution in [2.45, 2.75) is 94.3 Å². The van der Waals surface area contributed by atoms with E-state index in [1.54, 1.807) is 4.90 Å². The third-order valence-electron chi connectivity index (χ3n) is 11.5. The van der Waals surface area contributed by atoms with Gasteiger partial charge in [-0.2, -0.15) is 0 Å². The summed E-state index contributed by atoms with van der Waals surface area (Å²) in [5.74, 6) is 0.353. The molecule has 3 aliphatic carbocycles. The third kappa shape index (κ3) is 6.61. The Morgan fingerprint density at radius 2 is 1.57 bits per heavy atom. The van der Waals surface area contributed by atoms with Crippen molar-refractivity contribution in [1.29, 1.82) is 0 Å². The van der Waals surface area contributed by atoms with Crippen molar-refractivity contribution in [3.8, 4) is 0 Å². The second kappa shape index (κ2) is 14.0. The largest absolute Gasteiger partial charge is 0.378 e. The first kappa shape index (κ1) is 32.4. The van der Waals surface area contributed by atoms with Crippen LogP contribution in [0.5, 0.6) is 0 Å². The number of nitrogens with zero attached hydrogens (tertiary/aromatic N) is 5. The van der Waals surface area contributed by atoms with Crippen molar-refractivity contribution in [3.05, 3.63) is 11.8 Å². The molecule has 9 nitrogen and oxygen atoms in total. The van der Waals surface area contributed by atoms with Gasteiger partial charge in [0.2, 0.25) is 0 Å². The summed E-state index contributed by atoms with van der Waals surface area (Å²) in [6.45, 7) is 5.44. The van der Waals surface area contributed by atoms with Gasteiger partial charge in [-0.1, -0.05) is 25.7 Å². The normalized spacial score (nSPS) is 37.1. The summed E-state index contributed by atoms with van der Waals surface area (Å²) in [4.78, 5) is 38.8. The zero-order valence-corrected chi connectivity index (χ0v) is 27.5. The van der Waals surface area contributed by atoms with E-state index in [9.17, 15) is 9.59 Å². The fraction of sp³-hybridized carbons (Fsp3) is 0.882. The maximum Gasteiger partial charge on any atom is 0.259 e. The lowest BCUT2D eigenvalue weighted by Gasteiger charge is -2.62. The van der Waals surface area contributed by atoms with Crippen LogP contribution >= 0.6 is 0 Å². The van der Waals surface area contributed by atoms with E-state index in [0.717, 1.165) is 51.9 Å². The van der Waals surface area contributed by atoms with Gasteiger partial charge in [0.05, 0.1) is 49.1 Å². The molecule has 9 atom stereocenters. The fourth-order valence-electron chi connectivity index (χ4n) is 9.38. The Hall–Kier alpha value is -1.59. The van der Waals surface area contributed by atoms with E-state index >= 15 is 4.39 Å². The van der Waals surface area contributed by atoms with Crippen LogP contribution < -0.4 is 0 Å². The maximum atomic E-state index is 16.7. The zero-order valence-electron chi connectivity index (χ0n) is 27.5. The molecule has 5 fully saturated rings. The van der Waals surface area contributed by atoms with Crippen LogP contribution in [0.4, 0.5) is 4.39 Å². The lowest BCUT2D eigenvalue weighted by Crippen LogP contribution is -2.73. The van der Waals surface area contributed by atoms with Gasteiger partial charge in [0.1, 0.15) is 6.17 Å². The molecule has 0 N–H and O–H groups in total. The molecule has 3 saturated carbocycles. The molecule has 0 aromatic heterocycles. The first-order chi connectivity index (χ1) is 21.2. The second-order valence-electron chi connectivity index (χ2n) is 14.9. The van der Waals surface area contributed by atoms with Crippen LogP contribution in [0.15, 0.2) is 11.8 Å². The Morgan fingerprint density at radius 1 is 0.932 bits per heavy atom. The second-order valence-corrected chi connectivity index (χ2v) is 14.9. The van der Waals surface area contributed by atoms with Gasteiger partial charge < -0.3 is 29.1 Å². The zero-order chi connectivity index (χ0) is 31.0. The van der Waals surface area contributed by atoms with E-state index in [0.29, 0.717) is 38.1 Å². The number of ether oxygens (including phenoxy) is 2. The van der Waals surface area contributed by atoms with E-state index in [4.69, 9.17) is 9.47 Å². The van der Waals surface area contributed by atoms with Gasteiger partial charge >= 0.3 is 0 Å². The van der Waals surface area contributed by atoms with Crippen molar-refractivity contribution in [3.63, 3.8) is 0 Å². The van der Waals surface area contributed by atoms with Crippen LogP contribution in [-0.4, -0.2) is 153 Å². The summed E-state index contributed by atoms with van der Waals surface area (Å²) in [7, 11) is 8.33. The molecule has 248 valence electrons. The first-order valence-electron chi connectivity index (χ1n) is 17.5. The van der Waals surface area contributed by atoms with Crippen molar-refractivity contribution in [1.82, 2.24) is 24.5 Å². The van der Waals surface area contributed by atoms with Gasteiger partial charge in [0.15, 0.2) is 5.78 Å². The molecule has 9 unspecified atom stereocenters. The van der Waals surface area contributed by atoms with Gasteiger partial charge in [0, 0.05) is 25.2 Å². The number of Topliss-reactive ketones (excluding diaryl/α,β-unsaturated/α-hetero) is 1. The minimum atomic E-state index is -1.19. The minimum Gasteiger partial charge on any atom is -0.378 e. The minimum absolute atomic E-state index is 0.00126. The molecule has 1 amide bonds. The first-order valence-corrected chi connectivity index (χ1v) is 17.5. The molecule has 0 spiro atoms. The summed E-state index contributed by atoms with van der Waals surface area (Å²) < 4.78 is 29.3. The number of hydrogen-bond donors (Lipinski definition) is 0. The van der Waals surface area contributed by atoms with Crippen LogP contribution in [0.3, 0.4) is 0 Å². The van der Waals surface area contributed by atoms with Gasteiger partial charge in [-0.05, 0) is 98.3 Å². The molecule has 0 aromatic carbocycles. The third-order valence-corrected chi connectivity index (χ3v) is 11.5. The van der Waals surface area contributed by atoms with Crippen molar-refractivity contribution in [2.24, 2.45) is 17.8 Å². The van der Waals surface area contributed by atoms with E-state index < -0.39 is 24.2 Å². The Labute approximate surface area is 264 Å². The van der Waals surface area contributed by atoms with E-state index in [-0.39, 0.29) is 41.9 Å². The van der Waals surface area contributed by atoms with Gasteiger partial charge in [-0.25, -0.2) is 4.39 Å². The number of amides is 1. The van der Waals surface area contributed by atoms with E-state index in [1.165, 1.54) is 25.7 Å². The SMILES string of the molecule is CN(C)CCCN(CCCN(C)C)C1C(F)CC2C(=O)C(C(=O)N3CCOCC3)=CN3C4CC5CCCCC5CC4OC1C23. The molecule has 0 radical (unpaired) electrons. The van der Waals surface area contributed by atoms with Crippen molar-refractivity contribution >= 4 is 11.7 Å². The summed E-state index contributed by atoms with van der Waals surface area (Å²) in [5.41, 5.74) is 0.248. The molecule has 0 aromatic rings. The number of halogens is 1. The summed E-state index contributed by atoms with van der Waals surface area (Å²) in [5, 5.41) is 0. The van der Waals surface area contributed by atoms with Gasteiger partial charge in [-0.15, -0.1) is 0 Å². The van der Waals surface area contributed by atoms with Crippen LogP contribution in [0.1, 0.15) is 57.8 Å². The topological polar surface area (TPSA) is 68.8 Å². The Bertz CT molecular complexity index is 1040. The molecule has 10 heteroatoms. The lowest BCUT2D eigenvalue weighted by molar-refractivity contribution is -0.221. The average Bonchev–Trinajstić information content (AvgIpc) is 3.00. The number of hydrogen-bond acceptors (Lipinski definition) is 8. The Balaban J connectivity index is 1.33. The molecule has 0 bridgehead atoms. The lowest BCUT2D eigenvalue weighted by atomic mass is 9.64. The predicted molar refractivity (Wildman–Crippen MR) is 168 cm³/mol. The molecule has 6 aliphatic rings. The molecule has 2 saturated heterocycles. The highest BCUT2D eigenvalue weighted by Gasteiger charge is 2.60. The number of morpholine rings is 2. The molecule has 3 heterocycles. The maximum absolute atomic E-state index is 16.7. The highest BCUT2D eigenvalue weighted by Crippen LogP contribution is 2.50. The molecule has 3 aliphatic heterocycles. The van der Waals surface area contributed by atoms with Crippen molar-refractivity contribution in [2.75, 3.05) is 80.7 Å². The highest BCUT2D eigenvalue weighted by atomic mass is 19.1. The predicted octanol–water partition coefficient (Wildman–Crippen LogP) is 2.65. The highest BCUT2D eigenvalue weighted by molar-refractivity contribution is 6.20. The van der Waals surface area contributed by atoms with Crippen LogP contribution in [0.25, 0.3) is 0 Å². The summed E-state index contributed by atoms with van der Waals surface area (Å²) in [6, 6.07) is -0.496. The van der Waals surface area contributed by atoms with Crippen LogP contribution in [0, 0.1) is 17.8 Å². The molecule has 6 rings (SSSR count). The average molecular weight is 618 g/mol. The van der Waals surface area contributed by atoms with Crippen LogP contribution in [0.2, 0.25) is 0 Å². The van der Waals surface area contributed by atoms with Crippen molar-refractivity contribution < 1.29 is 23.5 Å². The molecular formula is C34H56FN5O4. The number of fused-ring (bicyclic) bond motifs is 3. The fourth-order valence-corrected chi connectivity index (χ4v) is 9.38. The summed E-state index contributed by atoms with van der Waals surface area (Å²) >= 11 is 0. The molecular weight excluding hydrogens is 561 g/mol. The molecule has 44 heavy (non-hydrogen) atoms. The van der Waals surface area contributed by atoms with Gasteiger partial charge in [-0.3, -0.25) is 14.5 Å². The monoisotopic (exact) mass is 617 g/mol. The Morgan fingerprint density at radius 3 is 2.20 bits per heavy atom. The van der Waals surface area contributed by atoms with E-state index in [2.05, 4.69) is 47.8 Å². The number of rotatable bonds is 10. The number of carbonyl (C=O) groups is 2. The van der Waals surface area contributed by atoms with Crippen LogP contribution in [-0.2, 0) is 19.1 Å². The Kier molecular flexibility index (Phi) is 10.3. The quantitative estimate of drug-likeness (QED) is 0.347. The number of ketones is 1. The number of alkyl halides is 1. The van der Waals surface area contributed by atoms with Gasteiger partial charge in [0.25, 0.3) is 5.91 Å². The number of carbonyl (C=O) groups excluding carboxylic acids is 2. The summed E-state index contributed by atoms with van der Waals surface area (Å²) in [6.07, 6.45) is 9.48. The van der Waals surface area contributed by atoms with E-state index in [1.807, 2.05) is 6.20 Å². The standard InChI is InChI=1S/C34H56FN5O4/c1-36(2)11-7-13-38(14-8-12-37(3)4)31-27(35)21-25-30-33(31)44-29-20-24-10-6-5-9-23(24)19-28(29)40(30)22-26(32(25)41)34(42)39-15-17-43-18-16-39/h22-25,27-31,33H,5-21H2,1-4H3.